The number of ether oxygens (including phenoxy) is 1. The van der Waals surface area contributed by atoms with E-state index < -0.39 is 0 Å². The van der Waals surface area contributed by atoms with Gasteiger partial charge in [-0.05, 0) is 20.5 Å². The first-order valence-corrected chi connectivity index (χ1v) is 6.92. The van der Waals surface area contributed by atoms with Gasteiger partial charge in [-0.1, -0.05) is 20.3 Å². The maximum absolute atomic E-state index is 12.1. The highest BCUT2D eigenvalue weighted by Crippen LogP contribution is 2.07. The van der Waals surface area contributed by atoms with Crippen molar-refractivity contribution in [3.8, 4) is 0 Å². The molecule has 5 nitrogen and oxygen atoms in total. The highest BCUT2D eigenvalue weighted by molar-refractivity contribution is 5.77. The average Bonchev–Trinajstić information content (AvgIpc) is 2.38. The predicted octanol–water partition coefficient (Wildman–Crippen LogP) is 1.38. The number of likely N-dealkylation sites (N-methyl/N-ethyl adjacent to an activating group) is 1. The van der Waals surface area contributed by atoms with Crippen molar-refractivity contribution in [2.24, 2.45) is 5.92 Å². The fraction of sp³-hybridized carbons (Fsp3) is 0.857. The topological polar surface area (TPSA) is 49.9 Å². The van der Waals surface area contributed by atoms with Crippen LogP contribution in [0.5, 0.6) is 0 Å². The average molecular weight is 272 g/mol. The highest BCUT2D eigenvalue weighted by atomic mass is 16.5. The Bertz CT molecular complexity index is 280. The second-order valence-electron chi connectivity index (χ2n) is 5.17. The van der Waals surface area contributed by atoms with Crippen LogP contribution in [0.25, 0.3) is 0 Å². The lowest BCUT2D eigenvalue weighted by molar-refractivity contribution is -0.146. The molecule has 0 radical (unpaired) electrons. The zero-order valence-corrected chi connectivity index (χ0v) is 12.9. The van der Waals surface area contributed by atoms with Crippen molar-refractivity contribution in [1.82, 2.24) is 9.80 Å². The van der Waals surface area contributed by atoms with E-state index in [1.165, 1.54) is 7.11 Å². The molecule has 0 aromatic rings. The van der Waals surface area contributed by atoms with Gasteiger partial charge in [0.1, 0.15) is 0 Å². The minimum absolute atomic E-state index is 0.124. The molecule has 0 bridgehead atoms. The first kappa shape index (κ1) is 17.9. The van der Waals surface area contributed by atoms with Gasteiger partial charge in [0.05, 0.1) is 13.0 Å². The molecule has 5 heteroatoms. The maximum atomic E-state index is 12.1. The summed E-state index contributed by atoms with van der Waals surface area (Å²) in [6, 6.07) is 0. The molecule has 112 valence electrons. The predicted molar refractivity (Wildman–Crippen MR) is 75.8 cm³/mol. The van der Waals surface area contributed by atoms with Crippen LogP contribution in [0, 0.1) is 5.92 Å². The van der Waals surface area contributed by atoms with Gasteiger partial charge in [0.2, 0.25) is 5.91 Å². The van der Waals surface area contributed by atoms with Crippen molar-refractivity contribution in [3.05, 3.63) is 0 Å². The van der Waals surface area contributed by atoms with Crippen molar-refractivity contribution in [3.63, 3.8) is 0 Å². The zero-order valence-electron chi connectivity index (χ0n) is 12.9. The summed E-state index contributed by atoms with van der Waals surface area (Å²) >= 11 is 0. The summed E-state index contributed by atoms with van der Waals surface area (Å²) in [4.78, 5) is 27.4. The molecule has 1 atom stereocenters. The molecular formula is C14H28N2O3. The second kappa shape index (κ2) is 9.78. The molecule has 0 aliphatic carbocycles. The fourth-order valence-corrected chi connectivity index (χ4v) is 1.73. The van der Waals surface area contributed by atoms with Crippen molar-refractivity contribution in [2.75, 3.05) is 40.8 Å². The molecule has 1 amide bonds. The molecule has 0 aromatic carbocycles. The third kappa shape index (κ3) is 7.82. The van der Waals surface area contributed by atoms with E-state index in [-0.39, 0.29) is 17.8 Å². The molecule has 0 fully saturated rings. The number of nitrogens with zero attached hydrogens (tertiary/aromatic N) is 2. The molecule has 0 saturated carbocycles. The summed E-state index contributed by atoms with van der Waals surface area (Å²) in [5.41, 5.74) is 0. The van der Waals surface area contributed by atoms with Gasteiger partial charge in [-0.25, -0.2) is 0 Å². The number of hydrogen-bond donors (Lipinski definition) is 0. The van der Waals surface area contributed by atoms with Gasteiger partial charge in [-0.3, -0.25) is 9.59 Å². The zero-order chi connectivity index (χ0) is 14.8. The van der Waals surface area contributed by atoms with Gasteiger partial charge in [-0.2, -0.15) is 0 Å². The van der Waals surface area contributed by atoms with Crippen molar-refractivity contribution < 1.29 is 14.3 Å². The van der Waals surface area contributed by atoms with E-state index in [0.717, 1.165) is 19.4 Å². The third-order valence-corrected chi connectivity index (χ3v) is 3.01. The molecule has 19 heavy (non-hydrogen) atoms. The first-order valence-electron chi connectivity index (χ1n) is 6.92. The minimum Gasteiger partial charge on any atom is -0.469 e. The van der Waals surface area contributed by atoms with E-state index in [1.807, 2.05) is 19.0 Å². The van der Waals surface area contributed by atoms with Crippen LogP contribution in [-0.2, 0) is 14.3 Å². The van der Waals surface area contributed by atoms with Gasteiger partial charge < -0.3 is 14.5 Å². The fourth-order valence-electron chi connectivity index (χ4n) is 1.73. The Labute approximate surface area is 116 Å². The number of carbonyl (C=O) groups excluding carboxylic acids is 2. The normalized spacial score (nSPS) is 12.3. The van der Waals surface area contributed by atoms with Crippen LogP contribution in [0.15, 0.2) is 0 Å². The van der Waals surface area contributed by atoms with Gasteiger partial charge in [0.25, 0.3) is 0 Å². The molecular weight excluding hydrogens is 244 g/mol. The maximum Gasteiger partial charge on any atom is 0.310 e. The molecule has 0 aliphatic heterocycles. The van der Waals surface area contributed by atoms with E-state index in [4.69, 9.17) is 4.74 Å². The quantitative estimate of drug-likeness (QED) is 0.595. The van der Waals surface area contributed by atoms with Crippen LogP contribution in [0.2, 0.25) is 0 Å². The smallest absolute Gasteiger partial charge is 0.310 e. The second-order valence-corrected chi connectivity index (χ2v) is 5.17. The number of rotatable bonds is 9. The standard InChI is InChI=1S/C14H28N2O3/c1-6-7-8-13(17)16(10-9-15(3)4)11-12(2)14(18)19-5/h12H,6-11H2,1-5H3. The summed E-state index contributed by atoms with van der Waals surface area (Å²) in [6.45, 7) is 5.74. The first-order chi connectivity index (χ1) is 8.92. The Kier molecular flexibility index (Phi) is 9.21. The number of hydrogen-bond acceptors (Lipinski definition) is 4. The van der Waals surface area contributed by atoms with Crippen LogP contribution in [0.4, 0.5) is 0 Å². The monoisotopic (exact) mass is 272 g/mol. The largest absolute Gasteiger partial charge is 0.469 e. The number of carbonyl (C=O) groups is 2. The summed E-state index contributed by atoms with van der Waals surface area (Å²) < 4.78 is 4.71. The van der Waals surface area contributed by atoms with Crippen LogP contribution in [0.1, 0.15) is 33.1 Å². The highest BCUT2D eigenvalue weighted by Gasteiger charge is 2.21. The Morgan fingerprint density at radius 2 is 1.84 bits per heavy atom. The summed E-state index contributed by atoms with van der Waals surface area (Å²) in [7, 11) is 5.32. The van der Waals surface area contributed by atoms with Gasteiger partial charge >= 0.3 is 5.97 Å². The van der Waals surface area contributed by atoms with Crippen LogP contribution in [-0.4, -0.2) is 62.5 Å². The van der Waals surface area contributed by atoms with Gasteiger partial charge in [-0.15, -0.1) is 0 Å². The van der Waals surface area contributed by atoms with Crippen molar-refractivity contribution in [1.29, 1.82) is 0 Å². The Morgan fingerprint density at radius 1 is 1.21 bits per heavy atom. The van der Waals surface area contributed by atoms with E-state index >= 15 is 0 Å². The minimum atomic E-state index is -0.280. The molecule has 0 rings (SSSR count). The van der Waals surface area contributed by atoms with Crippen molar-refractivity contribution in [2.45, 2.75) is 33.1 Å². The summed E-state index contributed by atoms with van der Waals surface area (Å²) in [5, 5.41) is 0. The molecule has 0 heterocycles. The number of amides is 1. The van der Waals surface area contributed by atoms with E-state index in [9.17, 15) is 9.59 Å². The molecule has 0 saturated heterocycles. The Morgan fingerprint density at radius 3 is 2.32 bits per heavy atom. The molecule has 0 aliphatic rings. The molecule has 0 N–H and O–H groups in total. The summed E-state index contributed by atoms with van der Waals surface area (Å²) in [6.07, 6.45) is 2.45. The van der Waals surface area contributed by atoms with E-state index in [1.54, 1.807) is 11.8 Å². The lowest BCUT2D eigenvalue weighted by atomic mass is 10.1. The SMILES string of the molecule is CCCCC(=O)N(CCN(C)C)CC(C)C(=O)OC. The number of unbranched alkanes of at least 4 members (excludes halogenated alkanes) is 1. The molecule has 1 unspecified atom stereocenters. The Hall–Kier alpha value is -1.10. The van der Waals surface area contributed by atoms with Gasteiger partial charge in [0.15, 0.2) is 0 Å². The van der Waals surface area contributed by atoms with Crippen LogP contribution in [0.3, 0.4) is 0 Å². The molecule has 0 aromatic heterocycles. The number of methoxy groups -OCH3 is 1. The van der Waals surface area contributed by atoms with E-state index in [2.05, 4.69) is 6.92 Å². The van der Waals surface area contributed by atoms with Gasteiger partial charge in [0, 0.05) is 26.1 Å². The lowest BCUT2D eigenvalue weighted by Crippen LogP contribution is -2.40. The van der Waals surface area contributed by atoms with E-state index in [0.29, 0.717) is 19.5 Å². The van der Waals surface area contributed by atoms with Crippen LogP contribution < -0.4 is 0 Å². The number of esters is 1. The molecule has 0 spiro atoms. The van der Waals surface area contributed by atoms with Crippen LogP contribution >= 0.6 is 0 Å². The Balaban J connectivity index is 4.47. The van der Waals surface area contributed by atoms with Crippen molar-refractivity contribution >= 4 is 11.9 Å². The third-order valence-electron chi connectivity index (χ3n) is 3.01. The summed E-state index contributed by atoms with van der Waals surface area (Å²) in [5.74, 6) is -0.421. The lowest BCUT2D eigenvalue weighted by Gasteiger charge is -2.26.